The summed E-state index contributed by atoms with van der Waals surface area (Å²) >= 11 is 0. The molecule has 1 aromatic carbocycles. The van der Waals surface area contributed by atoms with E-state index in [9.17, 15) is 13.2 Å². The predicted molar refractivity (Wildman–Crippen MR) is 88.4 cm³/mol. The van der Waals surface area contributed by atoms with Gasteiger partial charge in [-0.1, -0.05) is 0 Å². The number of nitrogens with one attached hydrogen (secondary N) is 1. The number of hydrogen-bond donors (Lipinski definition) is 1. The van der Waals surface area contributed by atoms with E-state index in [0.29, 0.717) is 5.69 Å². The highest BCUT2D eigenvalue weighted by molar-refractivity contribution is 7.92. The zero-order valence-electron chi connectivity index (χ0n) is 13.3. The van der Waals surface area contributed by atoms with Crippen molar-refractivity contribution < 1.29 is 17.9 Å². The molecule has 0 aliphatic heterocycles. The molecule has 2 aromatic heterocycles. The Hall–Kier alpha value is -2.81. The Kier molecular flexibility index (Phi) is 3.80. The summed E-state index contributed by atoms with van der Waals surface area (Å²) in [6.07, 6.45) is 2.92. The Labute approximate surface area is 138 Å². The minimum atomic E-state index is -3.97. The maximum atomic E-state index is 12.9. The number of esters is 1. The van der Waals surface area contributed by atoms with Crippen molar-refractivity contribution in [2.75, 3.05) is 18.5 Å². The van der Waals surface area contributed by atoms with Crippen LogP contribution in [-0.2, 0) is 21.8 Å². The molecule has 0 atom stereocenters. The third-order valence-electron chi connectivity index (χ3n) is 3.82. The van der Waals surface area contributed by atoms with Crippen molar-refractivity contribution in [2.45, 2.75) is 4.90 Å². The van der Waals surface area contributed by atoms with Gasteiger partial charge in [0, 0.05) is 31.2 Å². The number of nitrogens with zero attached hydrogens (tertiary/aromatic N) is 3. The second-order valence-corrected chi connectivity index (χ2v) is 7.13. The average molecular weight is 348 g/mol. The molecule has 24 heavy (non-hydrogen) atoms. The molecule has 0 aliphatic rings. The summed E-state index contributed by atoms with van der Waals surface area (Å²) in [5.41, 5.74) is 1.26. The molecule has 0 fully saturated rings. The van der Waals surface area contributed by atoms with Gasteiger partial charge in [-0.05, 0) is 24.3 Å². The highest BCUT2D eigenvalue weighted by Crippen LogP contribution is 2.27. The van der Waals surface area contributed by atoms with E-state index in [4.69, 9.17) is 0 Å². The molecule has 0 unspecified atom stereocenters. The lowest BCUT2D eigenvalue weighted by Gasteiger charge is -2.19. The van der Waals surface area contributed by atoms with E-state index in [2.05, 4.69) is 14.8 Å². The Balaban J connectivity index is 2.08. The molecule has 0 saturated carbocycles. The zero-order chi connectivity index (χ0) is 17.5. The summed E-state index contributed by atoms with van der Waals surface area (Å²) in [6, 6.07) is 7.08. The molecular formula is C15H16N4O4S. The number of carbonyl (C=O) groups is 1. The van der Waals surface area contributed by atoms with Gasteiger partial charge in [0.15, 0.2) is 5.69 Å². The van der Waals surface area contributed by atoms with Gasteiger partial charge in [0.25, 0.3) is 10.0 Å². The van der Waals surface area contributed by atoms with Crippen LogP contribution in [0.5, 0.6) is 0 Å². The second-order valence-electron chi connectivity index (χ2n) is 5.19. The van der Waals surface area contributed by atoms with Crippen molar-refractivity contribution in [3.05, 3.63) is 42.4 Å². The van der Waals surface area contributed by atoms with Crippen LogP contribution in [0, 0.1) is 0 Å². The maximum Gasteiger partial charge on any atom is 0.357 e. The quantitative estimate of drug-likeness (QED) is 0.721. The van der Waals surface area contributed by atoms with Crippen molar-refractivity contribution in [2.24, 2.45) is 7.05 Å². The molecular weight excluding hydrogens is 332 g/mol. The molecule has 0 radical (unpaired) electrons. The van der Waals surface area contributed by atoms with Crippen molar-refractivity contribution in [1.82, 2.24) is 14.8 Å². The standard InChI is InChI=1S/C15H16N4O4S/c1-18-14(15(20)23-3)13(9-17-18)24(21,22)19(2)11-4-5-12-10(8-11)6-7-16-12/h4-9,16H,1-3H3. The minimum Gasteiger partial charge on any atom is -0.464 e. The molecule has 0 amide bonds. The topological polar surface area (TPSA) is 97.3 Å². The number of anilines is 1. The molecule has 8 nitrogen and oxygen atoms in total. The first-order chi connectivity index (χ1) is 11.4. The number of rotatable bonds is 4. The first-order valence-electron chi connectivity index (χ1n) is 7.02. The number of methoxy groups -OCH3 is 1. The molecule has 0 aliphatic carbocycles. The maximum absolute atomic E-state index is 12.9. The Morgan fingerprint density at radius 3 is 2.79 bits per heavy atom. The molecule has 0 bridgehead atoms. The normalized spacial score (nSPS) is 11.6. The number of fused-ring (bicyclic) bond motifs is 1. The van der Waals surface area contributed by atoms with Crippen molar-refractivity contribution >= 4 is 32.6 Å². The number of aryl methyl sites for hydroxylation is 1. The van der Waals surface area contributed by atoms with Crippen LogP contribution in [0.2, 0.25) is 0 Å². The van der Waals surface area contributed by atoms with Crippen molar-refractivity contribution in [3.63, 3.8) is 0 Å². The lowest BCUT2D eigenvalue weighted by molar-refractivity contribution is 0.0583. The van der Waals surface area contributed by atoms with E-state index in [-0.39, 0.29) is 10.6 Å². The van der Waals surface area contributed by atoms with Gasteiger partial charge in [0.1, 0.15) is 4.90 Å². The third-order valence-corrected chi connectivity index (χ3v) is 5.61. The lowest BCUT2D eigenvalue weighted by Crippen LogP contribution is -2.28. The number of aromatic nitrogens is 3. The van der Waals surface area contributed by atoms with Crippen molar-refractivity contribution in [3.8, 4) is 0 Å². The van der Waals surface area contributed by atoms with Crippen LogP contribution >= 0.6 is 0 Å². The van der Waals surface area contributed by atoms with Crippen LogP contribution in [0.25, 0.3) is 10.9 Å². The Morgan fingerprint density at radius 2 is 2.08 bits per heavy atom. The summed E-state index contributed by atoms with van der Waals surface area (Å²) < 4.78 is 32.8. The SMILES string of the molecule is COC(=O)c1c(S(=O)(=O)N(C)c2ccc3[nH]ccc3c2)cnn1C. The predicted octanol–water partition coefficient (Wildman–Crippen LogP) is 1.51. The second kappa shape index (κ2) is 5.68. The fourth-order valence-electron chi connectivity index (χ4n) is 2.46. The average Bonchev–Trinajstić information content (AvgIpc) is 3.19. The summed E-state index contributed by atoms with van der Waals surface area (Å²) in [6.45, 7) is 0. The number of H-pyrrole nitrogens is 1. The third kappa shape index (κ3) is 2.42. The molecule has 3 rings (SSSR count). The summed E-state index contributed by atoms with van der Waals surface area (Å²) in [5, 5.41) is 4.76. The summed E-state index contributed by atoms with van der Waals surface area (Å²) in [5.74, 6) is -0.761. The van der Waals surface area contributed by atoms with Crippen LogP contribution in [0.1, 0.15) is 10.5 Å². The summed E-state index contributed by atoms with van der Waals surface area (Å²) in [4.78, 5) is 14.7. The first-order valence-corrected chi connectivity index (χ1v) is 8.46. The zero-order valence-corrected chi connectivity index (χ0v) is 14.2. The Bertz CT molecular complexity index is 1020. The van der Waals surface area contributed by atoms with E-state index in [0.717, 1.165) is 21.4 Å². The molecule has 3 aromatic rings. The molecule has 126 valence electrons. The van der Waals surface area contributed by atoms with E-state index in [1.165, 1.54) is 25.9 Å². The summed E-state index contributed by atoms with van der Waals surface area (Å²) in [7, 11) is 0.131. The smallest absolute Gasteiger partial charge is 0.357 e. The number of hydrogen-bond acceptors (Lipinski definition) is 5. The number of ether oxygens (including phenoxy) is 1. The first kappa shape index (κ1) is 16.1. The molecule has 1 N–H and O–H groups in total. The van der Waals surface area contributed by atoms with Crippen LogP contribution in [-0.4, -0.2) is 43.3 Å². The van der Waals surface area contributed by atoms with Gasteiger partial charge in [-0.15, -0.1) is 0 Å². The van der Waals surface area contributed by atoms with E-state index in [1.54, 1.807) is 24.4 Å². The van der Waals surface area contributed by atoms with Gasteiger partial charge >= 0.3 is 5.97 Å². The van der Waals surface area contributed by atoms with Gasteiger partial charge in [0.2, 0.25) is 0 Å². The lowest BCUT2D eigenvalue weighted by atomic mass is 10.2. The van der Waals surface area contributed by atoms with Gasteiger partial charge in [-0.2, -0.15) is 5.10 Å². The van der Waals surface area contributed by atoms with Crippen LogP contribution in [0.3, 0.4) is 0 Å². The fourth-order valence-corrected chi connectivity index (χ4v) is 3.78. The van der Waals surface area contributed by atoms with E-state index >= 15 is 0 Å². The van der Waals surface area contributed by atoms with E-state index in [1.807, 2.05) is 6.07 Å². The van der Waals surface area contributed by atoms with Gasteiger partial charge in [-0.3, -0.25) is 8.99 Å². The fraction of sp³-hybridized carbons (Fsp3) is 0.200. The van der Waals surface area contributed by atoms with Gasteiger partial charge in [-0.25, -0.2) is 13.2 Å². The van der Waals surface area contributed by atoms with Crippen LogP contribution in [0.4, 0.5) is 5.69 Å². The highest BCUT2D eigenvalue weighted by Gasteiger charge is 2.31. The number of benzene rings is 1. The monoisotopic (exact) mass is 348 g/mol. The van der Waals surface area contributed by atoms with Crippen molar-refractivity contribution in [1.29, 1.82) is 0 Å². The Morgan fingerprint density at radius 1 is 1.33 bits per heavy atom. The minimum absolute atomic E-state index is 0.118. The molecule has 0 spiro atoms. The molecule has 2 heterocycles. The number of aromatic amines is 1. The molecule has 9 heteroatoms. The largest absolute Gasteiger partial charge is 0.464 e. The molecule has 0 saturated heterocycles. The van der Waals surface area contributed by atoms with Gasteiger partial charge in [0.05, 0.1) is 19.0 Å². The highest BCUT2D eigenvalue weighted by atomic mass is 32.2. The van der Waals surface area contributed by atoms with Gasteiger partial charge < -0.3 is 9.72 Å². The van der Waals surface area contributed by atoms with Crippen LogP contribution < -0.4 is 4.31 Å². The number of sulfonamides is 1. The number of carbonyl (C=O) groups excluding carboxylic acids is 1. The van der Waals surface area contributed by atoms with Crippen LogP contribution in [0.15, 0.2) is 41.6 Å². The van der Waals surface area contributed by atoms with E-state index < -0.39 is 16.0 Å².